The molecule has 2 amide bonds. The van der Waals surface area contributed by atoms with Crippen LogP contribution in [0.1, 0.15) is 12.0 Å². The SMILES string of the molecule is Cc1c(Cl)cccc1N1CC(C(=O)Nc2ccc3c(c2)OCCO3)CC1=O. The molecule has 27 heavy (non-hydrogen) atoms. The van der Waals surface area contributed by atoms with Gasteiger partial charge in [0.05, 0.1) is 5.92 Å². The zero-order chi connectivity index (χ0) is 19.0. The molecule has 2 aromatic carbocycles. The average Bonchev–Trinajstić information content (AvgIpc) is 3.05. The molecular weight excluding hydrogens is 368 g/mol. The first-order valence-electron chi connectivity index (χ1n) is 8.79. The fraction of sp³-hybridized carbons (Fsp3) is 0.300. The van der Waals surface area contributed by atoms with Crippen molar-refractivity contribution in [1.82, 2.24) is 0 Å². The van der Waals surface area contributed by atoms with Gasteiger partial charge in [0.2, 0.25) is 11.8 Å². The molecule has 1 unspecified atom stereocenters. The van der Waals surface area contributed by atoms with Crippen molar-refractivity contribution >= 4 is 34.8 Å². The number of anilines is 2. The van der Waals surface area contributed by atoms with Crippen LogP contribution in [0.25, 0.3) is 0 Å². The summed E-state index contributed by atoms with van der Waals surface area (Å²) in [4.78, 5) is 26.8. The van der Waals surface area contributed by atoms with Crippen LogP contribution in [-0.4, -0.2) is 31.6 Å². The first-order valence-corrected chi connectivity index (χ1v) is 9.17. The van der Waals surface area contributed by atoms with E-state index in [2.05, 4.69) is 5.32 Å². The lowest BCUT2D eigenvalue weighted by Crippen LogP contribution is -2.28. The van der Waals surface area contributed by atoms with E-state index in [1.165, 1.54) is 0 Å². The summed E-state index contributed by atoms with van der Waals surface area (Å²) in [5.74, 6) is 0.574. The molecule has 0 aromatic heterocycles. The zero-order valence-corrected chi connectivity index (χ0v) is 15.6. The van der Waals surface area contributed by atoms with Crippen molar-refractivity contribution in [3.8, 4) is 11.5 Å². The molecule has 0 saturated carbocycles. The van der Waals surface area contributed by atoms with Crippen LogP contribution in [0.3, 0.4) is 0 Å². The van der Waals surface area contributed by atoms with E-state index in [-0.39, 0.29) is 18.2 Å². The topological polar surface area (TPSA) is 67.9 Å². The quantitative estimate of drug-likeness (QED) is 0.877. The first kappa shape index (κ1) is 17.7. The predicted octanol–water partition coefficient (Wildman–Crippen LogP) is 3.41. The lowest BCUT2D eigenvalue weighted by atomic mass is 10.1. The Morgan fingerprint density at radius 3 is 2.78 bits per heavy atom. The lowest BCUT2D eigenvalue weighted by molar-refractivity contribution is -0.122. The van der Waals surface area contributed by atoms with Gasteiger partial charge in [0, 0.05) is 35.4 Å². The van der Waals surface area contributed by atoms with Crippen LogP contribution in [0.15, 0.2) is 36.4 Å². The van der Waals surface area contributed by atoms with Crippen LogP contribution in [0, 0.1) is 12.8 Å². The fourth-order valence-electron chi connectivity index (χ4n) is 3.37. The second-order valence-corrected chi connectivity index (χ2v) is 7.04. The minimum Gasteiger partial charge on any atom is -0.486 e. The van der Waals surface area contributed by atoms with E-state index in [1.807, 2.05) is 13.0 Å². The summed E-state index contributed by atoms with van der Waals surface area (Å²) in [6.45, 7) is 3.20. The highest BCUT2D eigenvalue weighted by Crippen LogP contribution is 2.34. The van der Waals surface area contributed by atoms with Crippen LogP contribution >= 0.6 is 11.6 Å². The number of hydrogen-bond acceptors (Lipinski definition) is 4. The van der Waals surface area contributed by atoms with Crippen LogP contribution in [0.5, 0.6) is 11.5 Å². The zero-order valence-electron chi connectivity index (χ0n) is 14.8. The molecule has 4 rings (SSSR count). The Hall–Kier alpha value is -2.73. The van der Waals surface area contributed by atoms with Crippen LogP contribution < -0.4 is 19.7 Å². The van der Waals surface area contributed by atoms with Crippen molar-refractivity contribution in [2.24, 2.45) is 5.92 Å². The molecule has 2 aliphatic heterocycles. The minimum absolute atomic E-state index is 0.0808. The number of nitrogens with zero attached hydrogens (tertiary/aromatic N) is 1. The van der Waals surface area contributed by atoms with Crippen molar-refractivity contribution in [2.75, 3.05) is 30.0 Å². The molecule has 1 saturated heterocycles. The number of hydrogen-bond donors (Lipinski definition) is 1. The summed E-state index contributed by atoms with van der Waals surface area (Å²) in [6.07, 6.45) is 0.169. The standard InChI is InChI=1S/C20H19ClN2O4/c1-12-15(21)3-2-4-16(12)23-11-13(9-19(23)24)20(25)22-14-5-6-17-18(10-14)27-8-7-26-17/h2-6,10,13H,7-9,11H2,1H3,(H,22,25). The molecule has 1 fully saturated rings. The van der Waals surface area contributed by atoms with Crippen LogP contribution in [0.4, 0.5) is 11.4 Å². The van der Waals surface area contributed by atoms with E-state index >= 15 is 0 Å². The van der Waals surface area contributed by atoms with Crippen LogP contribution in [0.2, 0.25) is 5.02 Å². The van der Waals surface area contributed by atoms with Gasteiger partial charge in [-0.1, -0.05) is 17.7 Å². The third kappa shape index (κ3) is 3.45. The Bertz CT molecular complexity index is 915. The maximum Gasteiger partial charge on any atom is 0.229 e. The van der Waals surface area contributed by atoms with E-state index in [4.69, 9.17) is 21.1 Å². The van der Waals surface area contributed by atoms with E-state index in [9.17, 15) is 9.59 Å². The van der Waals surface area contributed by atoms with Gasteiger partial charge in [-0.25, -0.2) is 0 Å². The molecule has 6 nitrogen and oxygen atoms in total. The number of ether oxygens (including phenoxy) is 2. The number of carbonyl (C=O) groups is 2. The number of rotatable bonds is 3. The molecule has 2 aromatic rings. The normalized spacial score (nSPS) is 18.5. The molecule has 1 N–H and O–H groups in total. The van der Waals surface area contributed by atoms with Gasteiger partial charge in [-0.2, -0.15) is 0 Å². The molecule has 0 radical (unpaired) electrons. The number of benzene rings is 2. The Morgan fingerprint density at radius 2 is 1.96 bits per heavy atom. The summed E-state index contributed by atoms with van der Waals surface area (Å²) in [6, 6.07) is 10.7. The van der Waals surface area contributed by atoms with Crippen molar-refractivity contribution in [2.45, 2.75) is 13.3 Å². The van der Waals surface area contributed by atoms with Gasteiger partial charge < -0.3 is 19.7 Å². The van der Waals surface area contributed by atoms with Gasteiger partial charge >= 0.3 is 0 Å². The van der Waals surface area contributed by atoms with E-state index < -0.39 is 5.92 Å². The number of nitrogens with one attached hydrogen (secondary N) is 1. The number of fused-ring (bicyclic) bond motifs is 1. The molecule has 1 atom stereocenters. The van der Waals surface area contributed by atoms with E-state index in [0.717, 1.165) is 11.3 Å². The highest BCUT2D eigenvalue weighted by atomic mass is 35.5. The highest BCUT2D eigenvalue weighted by molar-refractivity contribution is 6.31. The molecule has 0 spiro atoms. The molecular formula is C20H19ClN2O4. The van der Waals surface area contributed by atoms with Gasteiger partial charge in [0.15, 0.2) is 11.5 Å². The summed E-state index contributed by atoms with van der Waals surface area (Å²) in [7, 11) is 0. The highest BCUT2D eigenvalue weighted by Gasteiger charge is 2.36. The molecule has 0 bridgehead atoms. The Morgan fingerprint density at radius 1 is 1.19 bits per heavy atom. The maximum absolute atomic E-state index is 12.7. The van der Waals surface area contributed by atoms with Crippen molar-refractivity contribution in [3.63, 3.8) is 0 Å². The van der Waals surface area contributed by atoms with Gasteiger partial charge in [0.25, 0.3) is 0 Å². The van der Waals surface area contributed by atoms with Gasteiger partial charge in [-0.3, -0.25) is 9.59 Å². The molecule has 7 heteroatoms. The largest absolute Gasteiger partial charge is 0.486 e. The minimum atomic E-state index is -0.427. The summed E-state index contributed by atoms with van der Waals surface area (Å²) in [5.41, 5.74) is 2.21. The lowest BCUT2D eigenvalue weighted by Gasteiger charge is -2.20. The third-order valence-electron chi connectivity index (χ3n) is 4.84. The average molecular weight is 387 g/mol. The predicted molar refractivity (Wildman–Crippen MR) is 103 cm³/mol. The van der Waals surface area contributed by atoms with Gasteiger partial charge in [0.1, 0.15) is 13.2 Å². The van der Waals surface area contributed by atoms with Crippen LogP contribution in [-0.2, 0) is 9.59 Å². The Balaban J connectivity index is 1.47. The monoisotopic (exact) mass is 386 g/mol. The Kier molecular flexibility index (Phi) is 4.66. The third-order valence-corrected chi connectivity index (χ3v) is 5.24. The van der Waals surface area contributed by atoms with Crippen molar-refractivity contribution in [1.29, 1.82) is 0 Å². The molecule has 0 aliphatic carbocycles. The van der Waals surface area contributed by atoms with Gasteiger partial charge in [-0.05, 0) is 36.8 Å². The summed E-state index contributed by atoms with van der Waals surface area (Å²) < 4.78 is 11.0. The smallest absolute Gasteiger partial charge is 0.229 e. The number of halogens is 1. The molecule has 140 valence electrons. The van der Waals surface area contributed by atoms with Crippen molar-refractivity contribution in [3.05, 3.63) is 47.0 Å². The van der Waals surface area contributed by atoms with E-state index in [0.29, 0.717) is 42.0 Å². The second kappa shape index (κ2) is 7.12. The molecule has 2 aliphatic rings. The van der Waals surface area contributed by atoms with E-state index in [1.54, 1.807) is 35.2 Å². The number of amides is 2. The summed E-state index contributed by atoms with van der Waals surface area (Å²) >= 11 is 6.16. The maximum atomic E-state index is 12.7. The fourth-order valence-corrected chi connectivity index (χ4v) is 3.54. The first-order chi connectivity index (χ1) is 13.0. The summed E-state index contributed by atoms with van der Waals surface area (Å²) in [5, 5.41) is 3.47. The Labute approximate surface area is 162 Å². The second-order valence-electron chi connectivity index (χ2n) is 6.64. The van der Waals surface area contributed by atoms with Gasteiger partial charge in [-0.15, -0.1) is 0 Å². The molecule has 2 heterocycles. The van der Waals surface area contributed by atoms with Crippen molar-refractivity contribution < 1.29 is 19.1 Å². The number of carbonyl (C=O) groups excluding carboxylic acids is 2.